The molecule has 1 amide bonds. The molecule has 0 unspecified atom stereocenters. The van der Waals surface area contributed by atoms with E-state index in [-0.39, 0.29) is 11.9 Å². The van der Waals surface area contributed by atoms with Crippen molar-refractivity contribution in [2.24, 2.45) is 0 Å². The Morgan fingerprint density at radius 1 is 1.05 bits per heavy atom. The fraction of sp³-hybridized carbons (Fsp3) is 0.278. The van der Waals surface area contributed by atoms with Crippen LogP contribution in [0.25, 0.3) is 0 Å². The summed E-state index contributed by atoms with van der Waals surface area (Å²) in [5.74, 6) is -0.00184. The van der Waals surface area contributed by atoms with Crippen LogP contribution in [0, 0.1) is 13.8 Å². The summed E-state index contributed by atoms with van der Waals surface area (Å²) < 4.78 is 0. The Morgan fingerprint density at radius 2 is 1.67 bits per heavy atom. The van der Waals surface area contributed by atoms with Crippen LogP contribution in [0.15, 0.2) is 48.5 Å². The van der Waals surface area contributed by atoms with Crippen LogP contribution in [0.2, 0.25) is 0 Å². The zero-order valence-corrected chi connectivity index (χ0v) is 12.8. The average molecular weight is 282 g/mol. The van der Waals surface area contributed by atoms with E-state index in [0.717, 1.165) is 11.3 Å². The lowest BCUT2D eigenvalue weighted by molar-refractivity contribution is -0.121. The predicted molar refractivity (Wildman–Crippen MR) is 87.3 cm³/mol. The molecule has 0 aliphatic carbocycles. The summed E-state index contributed by atoms with van der Waals surface area (Å²) >= 11 is 0. The van der Waals surface area contributed by atoms with E-state index in [4.69, 9.17) is 0 Å². The van der Waals surface area contributed by atoms with E-state index in [1.54, 1.807) is 0 Å². The first kappa shape index (κ1) is 15.1. The van der Waals surface area contributed by atoms with Crippen LogP contribution in [0.3, 0.4) is 0 Å². The number of amides is 1. The number of anilines is 1. The molecule has 0 bridgehead atoms. The number of benzene rings is 2. The molecule has 1 atom stereocenters. The first-order chi connectivity index (χ1) is 10.0. The van der Waals surface area contributed by atoms with Gasteiger partial charge in [0, 0.05) is 12.2 Å². The summed E-state index contributed by atoms with van der Waals surface area (Å²) in [6, 6.07) is 15.9. The molecule has 0 fully saturated rings. The minimum absolute atomic E-state index is 0.00184. The summed E-state index contributed by atoms with van der Waals surface area (Å²) in [4.78, 5) is 12.1. The number of hydrogen-bond donors (Lipinski definition) is 2. The Kier molecular flexibility index (Phi) is 4.99. The molecule has 2 aromatic carbocycles. The van der Waals surface area contributed by atoms with Gasteiger partial charge in [0.15, 0.2) is 0 Å². The van der Waals surface area contributed by atoms with Crippen molar-refractivity contribution in [3.63, 3.8) is 0 Å². The first-order valence-corrected chi connectivity index (χ1v) is 7.21. The predicted octanol–water partition coefficient (Wildman–Crippen LogP) is 3.42. The molecule has 2 N–H and O–H groups in total. The number of hydrogen-bond acceptors (Lipinski definition) is 2. The lowest BCUT2D eigenvalue weighted by Crippen LogP contribution is -2.37. The second kappa shape index (κ2) is 6.93. The molecule has 110 valence electrons. The van der Waals surface area contributed by atoms with Gasteiger partial charge in [-0.2, -0.15) is 0 Å². The van der Waals surface area contributed by atoms with Crippen molar-refractivity contribution in [1.82, 2.24) is 5.32 Å². The fourth-order valence-electron chi connectivity index (χ4n) is 2.31. The van der Waals surface area contributed by atoms with E-state index < -0.39 is 0 Å². The lowest BCUT2D eigenvalue weighted by Gasteiger charge is -2.16. The van der Waals surface area contributed by atoms with E-state index in [1.807, 2.05) is 49.4 Å². The summed E-state index contributed by atoms with van der Waals surface area (Å²) in [7, 11) is 0. The molecule has 21 heavy (non-hydrogen) atoms. The number of nitrogens with one attached hydrogen (secondary N) is 2. The van der Waals surface area contributed by atoms with Crippen molar-refractivity contribution in [3.05, 3.63) is 65.2 Å². The van der Waals surface area contributed by atoms with Crippen LogP contribution >= 0.6 is 0 Å². The second-order valence-electron chi connectivity index (χ2n) is 5.45. The molecule has 3 nitrogen and oxygen atoms in total. The molecule has 2 rings (SSSR count). The molecular formula is C18H22N2O. The van der Waals surface area contributed by atoms with Gasteiger partial charge in [-0.1, -0.05) is 36.4 Å². The maximum absolute atomic E-state index is 12.1. The SMILES string of the molecule is Cc1cc(C)cc(N[C@H](C)C(=O)NCc2ccccc2)c1. The maximum atomic E-state index is 12.1. The number of carbonyl (C=O) groups excluding carboxylic acids is 1. The average Bonchev–Trinajstić information content (AvgIpc) is 2.44. The van der Waals surface area contributed by atoms with E-state index in [9.17, 15) is 4.79 Å². The van der Waals surface area contributed by atoms with Crippen molar-refractivity contribution in [1.29, 1.82) is 0 Å². The van der Waals surface area contributed by atoms with Crippen molar-refractivity contribution >= 4 is 11.6 Å². The minimum Gasteiger partial charge on any atom is -0.374 e. The molecule has 2 aromatic rings. The second-order valence-corrected chi connectivity index (χ2v) is 5.45. The fourth-order valence-corrected chi connectivity index (χ4v) is 2.31. The standard InChI is InChI=1S/C18H22N2O/c1-13-9-14(2)11-17(10-13)20-15(3)18(21)19-12-16-7-5-4-6-8-16/h4-11,15,20H,12H2,1-3H3,(H,19,21)/t15-/m1/s1. The number of rotatable bonds is 5. The smallest absolute Gasteiger partial charge is 0.242 e. The zero-order chi connectivity index (χ0) is 15.2. The molecule has 0 saturated heterocycles. The lowest BCUT2D eigenvalue weighted by atomic mass is 10.1. The van der Waals surface area contributed by atoms with Gasteiger partial charge >= 0.3 is 0 Å². The van der Waals surface area contributed by atoms with Crippen LogP contribution in [-0.4, -0.2) is 11.9 Å². The van der Waals surface area contributed by atoms with E-state index in [2.05, 4.69) is 30.5 Å². The van der Waals surface area contributed by atoms with Crippen molar-refractivity contribution < 1.29 is 4.79 Å². The third-order valence-electron chi connectivity index (χ3n) is 3.31. The molecule has 0 radical (unpaired) electrons. The Hall–Kier alpha value is -2.29. The van der Waals surface area contributed by atoms with Gasteiger partial charge in [0.05, 0.1) is 0 Å². The van der Waals surface area contributed by atoms with Gasteiger partial charge in [-0.15, -0.1) is 0 Å². The Morgan fingerprint density at radius 3 is 2.29 bits per heavy atom. The molecule has 3 heteroatoms. The third-order valence-corrected chi connectivity index (χ3v) is 3.31. The first-order valence-electron chi connectivity index (χ1n) is 7.21. The molecule has 0 aliphatic rings. The van der Waals surface area contributed by atoms with Gasteiger partial charge in [0.2, 0.25) is 5.91 Å². The van der Waals surface area contributed by atoms with Crippen LogP contribution in [0.4, 0.5) is 5.69 Å². The van der Waals surface area contributed by atoms with E-state index >= 15 is 0 Å². The monoisotopic (exact) mass is 282 g/mol. The van der Waals surface area contributed by atoms with Crippen LogP contribution in [0.5, 0.6) is 0 Å². The van der Waals surface area contributed by atoms with Gasteiger partial charge in [-0.25, -0.2) is 0 Å². The Balaban J connectivity index is 1.90. The van der Waals surface area contributed by atoms with Gasteiger partial charge in [0.25, 0.3) is 0 Å². The molecule has 0 saturated carbocycles. The summed E-state index contributed by atoms with van der Waals surface area (Å²) in [5.41, 5.74) is 4.46. The highest BCUT2D eigenvalue weighted by Crippen LogP contribution is 2.14. The highest BCUT2D eigenvalue weighted by atomic mass is 16.2. The van der Waals surface area contributed by atoms with Gasteiger partial charge in [-0.3, -0.25) is 4.79 Å². The van der Waals surface area contributed by atoms with E-state index in [0.29, 0.717) is 6.54 Å². The highest BCUT2D eigenvalue weighted by molar-refractivity contribution is 5.84. The third kappa shape index (κ3) is 4.63. The van der Waals surface area contributed by atoms with Crippen LogP contribution in [-0.2, 0) is 11.3 Å². The quantitative estimate of drug-likeness (QED) is 0.882. The van der Waals surface area contributed by atoms with Gasteiger partial charge < -0.3 is 10.6 Å². The van der Waals surface area contributed by atoms with Gasteiger partial charge in [-0.05, 0) is 49.6 Å². The maximum Gasteiger partial charge on any atom is 0.242 e. The topological polar surface area (TPSA) is 41.1 Å². The molecule has 0 spiro atoms. The summed E-state index contributed by atoms with van der Waals surface area (Å²) in [5, 5.41) is 6.19. The molecule has 0 heterocycles. The van der Waals surface area contributed by atoms with E-state index in [1.165, 1.54) is 11.1 Å². The van der Waals surface area contributed by atoms with Gasteiger partial charge in [0.1, 0.15) is 6.04 Å². The van der Waals surface area contributed by atoms with Crippen molar-refractivity contribution in [2.75, 3.05) is 5.32 Å². The Bertz CT molecular complexity index is 588. The zero-order valence-electron chi connectivity index (χ0n) is 12.8. The largest absolute Gasteiger partial charge is 0.374 e. The van der Waals surface area contributed by atoms with Crippen molar-refractivity contribution in [2.45, 2.75) is 33.4 Å². The molecular weight excluding hydrogens is 260 g/mol. The van der Waals surface area contributed by atoms with Crippen LogP contribution < -0.4 is 10.6 Å². The summed E-state index contributed by atoms with van der Waals surface area (Å²) in [6.07, 6.45) is 0. The summed E-state index contributed by atoms with van der Waals surface area (Å²) in [6.45, 7) is 6.53. The number of carbonyl (C=O) groups is 1. The highest BCUT2D eigenvalue weighted by Gasteiger charge is 2.12. The van der Waals surface area contributed by atoms with Crippen molar-refractivity contribution in [3.8, 4) is 0 Å². The molecule has 0 aliphatic heterocycles. The normalized spacial score (nSPS) is 11.8. The molecule has 0 aromatic heterocycles. The minimum atomic E-state index is -0.269. The van der Waals surface area contributed by atoms with Crippen LogP contribution in [0.1, 0.15) is 23.6 Å². The Labute approximate surface area is 126 Å². The number of aryl methyl sites for hydroxylation is 2.